The van der Waals surface area contributed by atoms with Crippen LogP contribution in [0.15, 0.2) is 52.6 Å². The molecular formula is C28H33FN6O2. The highest BCUT2D eigenvalue weighted by Crippen LogP contribution is 2.34. The van der Waals surface area contributed by atoms with Gasteiger partial charge in [0.15, 0.2) is 11.6 Å². The third-order valence-corrected chi connectivity index (χ3v) is 6.45. The Morgan fingerprint density at radius 1 is 1.16 bits per heavy atom. The minimum absolute atomic E-state index is 0.0643. The number of halogens is 1. The summed E-state index contributed by atoms with van der Waals surface area (Å²) in [5.41, 5.74) is 3.78. The molecule has 9 heteroatoms. The molecule has 3 heterocycles. The number of amidine groups is 1. The summed E-state index contributed by atoms with van der Waals surface area (Å²) in [6.45, 7) is 9.81. The average molecular weight is 505 g/mol. The number of morpholine rings is 1. The Labute approximate surface area is 217 Å². The Morgan fingerprint density at radius 2 is 2.00 bits per heavy atom. The van der Waals surface area contributed by atoms with E-state index in [1.165, 1.54) is 0 Å². The van der Waals surface area contributed by atoms with E-state index in [0.717, 1.165) is 68.9 Å². The van der Waals surface area contributed by atoms with Crippen molar-refractivity contribution in [3.05, 3.63) is 64.5 Å². The quantitative estimate of drug-likeness (QED) is 0.474. The smallest absolute Gasteiger partial charge is 0.326 e. The number of ether oxygens (including phenoxy) is 2. The Kier molecular flexibility index (Phi) is 7.91. The van der Waals surface area contributed by atoms with Gasteiger partial charge < -0.3 is 20.1 Å². The Hall–Kier alpha value is -3.56. The van der Waals surface area contributed by atoms with Gasteiger partial charge in [0.05, 0.1) is 19.8 Å². The molecule has 194 valence electrons. The van der Waals surface area contributed by atoms with Crippen LogP contribution in [0, 0.1) is 5.82 Å². The monoisotopic (exact) mass is 504 g/mol. The summed E-state index contributed by atoms with van der Waals surface area (Å²) < 4.78 is 26.5. The van der Waals surface area contributed by atoms with E-state index in [1.807, 2.05) is 50.3 Å². The molecule has 0 radical (unpaired) electrons. The van der Waals surface area contributed by atoms with E-state index in [9.17, 15) is 0 Å². The van der Waals surface area contributed by atoms with Crippen LogP contribution in [0.3, 0.4) is 0 Å². The highest BCUT2D eigenvalue weighted by molar-refractivity contribution is 6.05. The first-order chi connectivity index (χ1) is 18.1. The van der Waals surface area contributed by atoms with Crippen molar-refractivity contribution in [3.63, 3.8) is 0 Å². The summed E-state index contributed by atoms with van der Waals surface area (Å²) in [7, 11) is 0. The lowest BCUT2D eigenvalue weighted by Crippen LogP contribution is -2.37. The third-order valence-electron chi connectivity index (χ3n) is 6.45. The molecule has 1 fully saturated rings. The number of hydrogen-bond donors (Lipinski definition) is 2. The second kappa shape index (κ2) is 11.7. The van der Waals surface area contributed by atoms with Crippen LogP contribution in [0.25, 0.3) is 6.08 Å². The van der Waals surface area contributed by atoms with E-state index < -0.39 is 5.82 Å². The molecule has 1 aromatic heterocycles. The number of fused-ring (bicyclic) bond motifs is 1. The number of anilines is 2. The van der Waals surface area contributed by atoms with Crippen LogP contribution in [0.1, 0.15) is 31.4 Å². The lowest BCUT2D eigenvalue weighted by atomic mass is 10.1. The SMILES string of the molecule is C/C=C/C1=CC(Nc2cc(NCCCN3CCOCC3)nc(Oc3ccc4c(c3F)C=C(C)C4)n2)=NC1. The zero-order valence-electron chi connectivity index (χ0n) is 21.4. The summed E-state index contributed by atoms with van der Waals surface area (Å²) >= 11 is 0. The molecule has 1 saturated heterocycles. The molecule has 0 unspecified atom stereocenters. The Bertz CT molecular complexity index is 1260. The summed E-state index contributed by atoms with van der Waals surface area (Å²) in [6, 6.07) is 5.42. The lowest BCUT2D eigenvalue weighted by molar-refractivity contribution is 0.0378. The fraction of sp³-hybridized carbons (Fsp3) is 0.393. The van der Waals surface area contributed by atoms with E-state index in [0.29, 0.717) is 29.6 Å². The number of rotatable bonds is 9. The van der Waals surface area contributed by atoms with E-state index >= 15 is 4.39 Å². The molecule has 3 aliphatic rings. The minimum Gasteiger partial charge on any atom is -0.421 e. The largest absolute Gasteiger partial charge is 0.421 e. The van der Waals surface area contributed by atoms with E-state index in [4.69, 9.17) is 9.47 Å². The van der Waals surface area contributed by atoms with E-state index in [2.05, 4.69) is 30.5 Å². The van der Waals surface area contributed by atoms with Crippen molar-refractivity contribution in [3.8, 4) is 11.8 Å². The first-order valence-electron chi connectivity index (χ1n) is 12.8. The molecule has 0 spiro atoms. The molecule has 2 aromatic rings. The lowest BCUT2D eigenvalue weighted by Gasteiger charge is -2.26. The van der Waals surface area contributed by atoms with Gasteiger partial charge in [0.25, 0.3) is 0 Å². The molecule has 0 bridgehead atoms. The van der Waals surface area contributed by atoms with Gasteiger partial charge in [-0.1, -0.05) is 29.9 Å². The fourth-order valence-corrected chi connectivity index (χ4v) is 4.63. The van der Waals surface area contributed by atoms with Crippen LogP contribution in [-0.4, -0.2) is 66.6 Å². The van der Waals surface area contributed by atoms with Crippen molar-refractivity contribution in [1.29, 1.82) is 0 Å². The Balaban J connectivity index is 1.32. The number of hydrogen-bond acceptors (Lipinski definition) is 8. The van der Waals surface area contributed by atoms with Crippen molar-refractivity contribution in [1.82, 2.24) is 14.9 Å². The maximum Gasteiger partial charge on any atom is 0.326 e. The molecule has 5 rings (SSSR count). The standard InChI is InChI=1S/C28H33FN6O2/c1-3-5-20-16-24(31-18-20)32-26-17-25(30-8-4-9-35-10-12-36-13-11-35)33-28(34-26)37-23-7-6-21-14-19(2)15-22(21)27(23)29/h3,5-7,15-17H,4,8-14,18H2,1-2H3,(H2,30,31,32,33,34)/b5-3+. The number of benzene rings is 1. The molecule has 0 amide bonds. The maximum absolute atomic E-state index is 15.2. The predicted molar refractivity (Wildman–Crippen MR) is 145 cm³/mol. The molecule has 2 N–H and O–H groups in total. The number of nitrogens with zero attached hydrogens (tertiary/aromatic N) is 4. The Morgan fingerprint density at radius 3 is 2.84 bits per heavy atom. The molecule has 1 aromatic carbocycles. The second-order valence-electron chi connectivity index (χ2n) is 9.42. The predicted octanol–water partition coefficient (Wildman–Crippen LogP) is 4.83. The number of aromatic nitrogens is 2. The van der Waals surface area contributed by atoms with Crippen LogP contribution >= 0.6 is 0 Å². The normalized spacial score (nSPS) is 17.4. The number of aliphatic imine (C=N–C) groups is 1. The first-order valence-corrected chi connectivity index (χ1v) is 12.8. The number of nitrogens with one attached hydrogen (secondary N) is 2. The summed E-state index contributed by atoms with van der Waals surface area (Å²) in [5, 5.41) is 6.61. The third kappa shape index (κ3) is 6.42. The van der Waals surface area contributed by atoms with Crippen LogP contribution in [0.4, 0.5) is 16.0 Å². The molecule has 0 saturated carbocycles. The molecular weight excluding hydrogens is 471 g/mol. The van der Waals surface area contributed by atoms with Gasteiger partial charge in [0.2, 0.25) is 0 Å². The van der Waals surface area contributed by atoms with E-state index in [-0.39, 0.29) is 11.8 Å². The molecule has 1 aliphatic carbocycles. The zero-order valence-corrected chi connectivity index (χ0v) is 21.4. The van der Waals surface area contributed by atoms with Crippen molar-refractivity contribution in [2.45, 2.75) is 26.7 Å². The topological polar surface area (TPSA) is 83.9 Å². The van der Waals surface area contributed by atoms with Crippen molar-refractivity contribution in [2.24, 2.45) is 4.99 Å². The second-order valence-corrected chi connectivity index (χ2v) is 9.42. The summed E-state index contributed by atoms with van der Waals surface area (Å²) in [5.74, 6) is 1.54. The van der Waals surface area contributed by atoms with Gasteiger partial charge in [-0.05, 0) is 56.5 Å². The number of allylic oxidation sites excluding steroid dienone is 2. The van der Waals surface area contributed by atoms with Crippen LogP contribution in [0.5, 0.6) is 11.8 Å². The van der Waals surface area contributed by atoms with Gasteiger partial charge in [-0.25, -0.2) is 4.39 Å². The fourth-order valence-electron chi connectivity index (χ4n) is 4.63. The highest BCUT2D eigenvalue weighted by Gasteiger charge is 2.19. The highest BCUT2D eigenvalue weighted by atomic mass is 19.1. The molecule has 0 atom stereocenters. The molecule has 37 heavy (non-hydrogen) atoms. The van der Waals surface area contributed by atoms with E-state index in [1.54, 1.807) is 6.07 Å². The van der Waals surface area contributed by atoms with Crippen molar-refractivity contribution < 1.29 is 13.9 Å². The average Bonchev–Trinajstić information content (AvgIpc) is 3.50. The van der Waals surface area contributed by atoms with Gasteiger partial charge in [-0.15, -0.1) is 0 Å². The van der Waals surface area contributed by atoms with Crippen LogP contribution in [-0.2, 0) is 11.2 Å². The minimum atomic E-state index is -0.393. The van der Waals surface area contributed by atoms with Gasteiger partial charge in [-0.3, -0.25) is 9.89 Å². The van der Waals surface area contributed by atoms with Crippen molar-refractivity contribution in [2.75, 3.05) is 56.6 Å². The first kappa shape index (κ1) is 25.1. The molecule has 8 nitrogen and oxygen atoms in total. The summed E-state index contributed by atoms with van der Waals surface area (Å²) in [6.07, 6.45) is 9.57. The maximum atomic E-state index is 15.2. The van der Waals surface area contributed by atoms with Gasteiger partial charge in [0.1, 0.15) is 17.5 Å². The molecule has 2 aliphatic heterocycles. The van der Waals surface area contributed by atoms with Crippen molar-refractivity contribution >= 4 is 23.5 Å². The van der Waals surface area contributed by atoms with Crippen LogP contribution in [0.2, 0.25) is 0 Å². The van der Waals surface area contributed by atoms with Gasteiger partial charge in [0, 0.05) is 31.3 Å². The van der Waals surface area contributed by atoms with Gasteiger partial charge in [-0.2, -0.15) is 9.97 Å². The zero-order chi connectivity index (χ0) is 25.6. The van der Waals surface area contributed by atoms with Crippen LogP contribution < -0.4 is 15.4 Å². The summed E-state index contributed by atoms with van der Waals surface area (Å²) in [4.78, 5) is 15.9. The van der Waals surface area contributed by atoms with Gasteiger partial charge >= 0.3 is 6.01 Å².